The van der Waals surface area contributed by atoms with Gasteiger partial charge in [0.1, 0.15) is 12.7 Å². The number of phosphoric ester groups is 1. The van der Waals surface area contributed by atoms with Gasteiger partial charge in [-0.15, -0.1) is 0 Å². The maximum Gasteiger partial charge on any atom is 0.469 e. The second kappa shape index (κ2) is 8.57. The zero-order chi connectivity index (χ0) is 15.9. The van der Waals surface area contributed by atoms with E-state index in [2.05, 4.69) is 15.8 Å². The lowest BCUT2D eigenvalue weighted by atomic mass is 10.3. The Morgan fingerprint density at radius 1 is 1.21 bits per heavy atom. The van der Waals surface area contributed by atoms with E-state index in [1.807, 2.05) is 0 Å². The highest BCUT2D eigenvalue weighted by Gasteiger charge is 2.19. The summed E-state index contributed by atoms with van der Waals surface area (Å²) in [5.74, 6) is -0.619. The van der Waals surface area contributed by atoms with Gasteiger partial charge in [-0.25, -0.2) is 13.9 Å². The first-order valence-electron chi connectivity index (χ1n) is 4.57. The van der Waals surface area contributed by atoms with Crippen LogP contribution in [0.2, 0.25) is 0 Å². The lowest BCUT2D eigenvalue weighted by Gasteiger charge is -2.13. The number of carbonyl (C=O) groups is 1. The zero-order valence-corrected chi connectivity index (χ0v) is 12.0. The molecule has 0 aliphatic heterocycles. The summed E-state index contributed by atoms with van der Waals surface area (Å²) < 4.78 is 28.0. The van der Waals surface area contributed by atoms with Crippen molar-refractivity contribution in [2.45, 2.75) is 20.0 Å². The van der Waals surface area contributed by atoms with Crippen molar-refractivity contribution < 1.29 is 47.7 Å². The Morgan fingerprint density at radius 2 is 1.58 bits per heavy atom. The third-order valence-corrected chi connectivity index (χ3v) is 1.75. The topological polar surface area (TPSA) is 171 Å². The molecule has 1 unspecified atom stereocenters. The second-order valence-corrected chi connectivity index (χ2v) is 5.52. The minimum absolute atomic E-state index is 0.216. The lowest BCUT2D eigenvalue weighted by Crippen LogP contribution is -2.18. The first-order valence-corrected chi connectivity index (χ1v) is 7.66. The van der Waals surface area contributed by atoms with Gasteiger partial charge in [0.05, 0.1) is 0 Å². The summed E-state index contributed by atoms with van der Waals surface area (Å²) in [7, 11) is -9.16. The molecule has 19 heavy (non-hydrogen) atoms. The van der Waals surface area contributed by atoms with Gasteiger partial charge in [-0.2, -0.15) is 0 Å². The highest BCUT2D eigenvalue weighted by Crippen LogP contribution is 2.37. The van der Waals surface area contributed by atoms with E-state index >= 15 is 0 Å². The van der Waals surface area contributed by atoms with E-state index in [0.717, 1.165) is 0 Å². The zero-order valence-electron chi connectivity index (χ0n) is 10.2. The second-order valence-electron chi connectivity index (χ2n) is 3.30. The van der Waals surface area contributed by atoms with E-state index in [1.54, 1.807) is 0 Å². The van der Waals surface area contributed by atoms with Crippen LogP contribution in [0.15, 0.2) is 12.2 Å². The molecule has 114 valence electrons. The number of carbonyl (C=O) groups excluding carboxylic acids is 1. The summed E-state index contributed by atoms with van der Waals surface area (Å²) >= 11 is 0. The van der Waals surface area contributed by atoms with Crippen molar-refractivity contribution in [1.29, 1.82) is 0 Å². The van der Waals surface area contributed by atoms with E-state index in [4.69, 9.17) is 29.0 Å². The molecule has 10 nitrogen and oxygen atoms in total. The molecule has 0 aromatic carbocycles. The Morgan fingerprint density at radius 3 is 1.84 bits per heavy atom. The maximum atomic E-state index is 10.8. The van der Waals surface area contributed by atoms with Crippen molar-refractivity contribution in [2.24, 2.45) is 0 Å². The fourth-order valence-electron chi connectivity index (χ4n) is 0.581. The maximum absolute atomic E-state index is 10.8. The number of phosphoric acid groups is 2. The van der Waals surface area contributed by atoms with E-state index < -0.39 is 27.7 Å². The van der Waals surface area contributed by atoms with Crippen LogP contribution in [0.5, 0.6) is 0 Å². The van der Waals surface area contributed by atoms with Crippen LogP contribution in [0.25, 0.3) is 0 Å². The van der Waals surface area contributed by atoms with Gasteiger partial charge < -0.3 is 29.2 Å². The molecule has 0 heterocycles. The third kappa shape index (κ3) is 23.0. The Bertz CT molecular complexity index is 384. The monoisotopic (exact) mass is 322 g/mol. The van der Waals surface area contributed by atoms with Crippen molar-refractivity contribution in [3.63, 3.8) is 0 Å². The molecule has 0 saturated heterocycles. The van der Waals surface area contributed by atoms with Crippen LogP contribution >= 0.6 is 15.6 Å². The van der Waals surface area contributed by atoms with Gasteiger partial charge in [0, 0.05) is 5.57 Å². The predicted molar refractivity (Wildman–Crippen MR) is 62.6 cm³/mol. The van der Waals surface area contributed by atoms with Crippen molar-refractivity contribution in [2.75, 3.05) is 6.61 Å². The summed E-state index contributed by atoms with van der Waals surface area (Å²) in [4.78, 5) is 49.2. The first kappa shape index (κ1) is 20.7. The Hall–Kier alpha value is -0.570. The average Bonchev–Trinajstić information content (AvgIpc) is 2.08. The molecule has 0 saturated carbocycles. The van der Waals surface area contributed by atoms with Crippen molar-refractivity contribution in [3.05, 3.63) is 12.2 Å². The molecule has 0 bridgehead atoms. The molecule has 0 aliphatic carbocycles. The summed E-state index contributed by atoms with van der Waals surface area (Å²) in [6.07, 6.45) is -0.862. The molecule has 0 radical (unpaired) electrons. The Labute approximate surface area is 109 Å². The van der Waals surface area contributed by atoms with Crippen LogP contribution in [0.1, 0.15) is 13.8 Å². The van der Waals surface area contributed by atoms with Crippen LogP contribution in [-0.4, -0.2) is 43.1 Å². The van der Waals surface area contributed by atoms with Crippen molar-refractivity contribution >= 4 is 21.6 Å². The summed E-state index contributed by atoms with van der Waals surface area (Å²) in [6, 6.07) is 0. The van der Waals surface area contributed by atoms with Gasteiger partial charge >= 0.3 is 21.6 Å². The standard InChI is InChI=1S/C7H13O6P.H3O4P/c1-5(2)7(8)12-4-6(3)13-14(9,10)11;1-5(2,3)4/h6H,1,4H2,2-3H3,(H2,9,10,11);(H3,1,2,3,4). The van der Waals surface area contributed by atoms with Gasteiger partial charge in [-0.05, 0) is 13.8 Å². The summed E-state index contributed by atoms with van der Waals surface area (Å²) in [5.41, 5.74) is 0.216. The number of hydrogen-bond acceptors (Lipinski definition) is 5. The van der Waals surface area contributed by atoms with Gasteiger partial charge in [-0.3, -0.25) is 4.52 Å². The minimum Gasteiger partial charge on any atom is -0.460 e. The smallest absolute Gasteiger partial charge is 0.460 e. The quantitative estimate of drug-likeness (QED) is 0.256. The largest absolute Gasteiger partial charge is 0.469 e. The van der Waals surface area contributed by atoms with Crippen molar-refractivity contribution in [1.82, 2.24) is 0 Å². The molecule has 1 atom stereocenters. The number of esters is 1. The van der Waals surface area contributed by atoms with Gasteiger partial charge in [0.2, 0.25) is 0 Å². The van der Waals surface area contributed by atoms with E-state index in [-0.39, 0.29) is 12.2 Å². The normalized spacial score (nSPS) is 13.0. The van der Waals surface area contributed by atoms with E-state index in [9.17, 15) is 9.36 Å². The van der Waals surface area contributed by atoms with Crippen LogP contribution in [0, 0.1) is 0 Å². The molecule has 0 aromatic rings. The van der Waals surface area contributed by atoms with Crippen LogP contribution in [0.3, 0.4) is 0 Å². The SMILES string of the molecule is C=C(C)C(=O)OCC(C)OP(=O)(O)O.O=P(O)(O)O. The summed E-state index contributed by atoms with van der Waals surface area (Å²) in [6.45, 7) is 5.96. The third-order valence-electron chi connectivity index (χ3n) is 1.11. The first-order chi connectivity index (χ1) is 8.22. The number of hydrogen-bond donors (Lipinski definition) is 5. The predicted octanol–water partition coefficient (Wildman–Crippen LogP) is -0.325. The molecular weight excluding hydrogens is 306 g/mol. The Balaban J connectivity index is 0. The van der Waals surface area contributed by atoms with Gasteiger partial charge in [0.15, 0.2) is 0 Å². The molecule has 0 spiro atoms. The lowest BCUT2D eigenvalue weighted by molar-refractivity contribution is -0.141. The number of rotatable bonds is 5. The van der Waals surface area contributed by atoms with Crippen molar-refractivity contribution in [3.8, 4) is 0 Å². The van der Waals surface area contributed by atoms with Gasteiger partial charge in [-0.1, -0.05) is 6.58 Å². The summed E-state index contributed by atoms with van der Waals surface area (Å²) in [5, 5.41) is 0. The fraction of sp³-hybridized carbons (Fsp3) is 0.571. The fourth-order valence-corrected chi connectivity index (χ4v) is 1.11. The van der Waals surface area contributed by atoms with E-state index in [1.165, 1.54) is 13.8 Å². The molecule has 0 fully saturated rings. The number of ether oxygens (including phenoxy) is 1. The van der Waals surface area contributed by atoms with E-state index in [0.29, 0.717) is 0 Å². The molecule has 5 N–H and O–H groups in total. The highest BCUT2D eigenvalue weighted by atomic mass is 31.2. The molecule has 12 heteroatoms. The van der Waals surface area contributed by atoms with Crippen LogP contribution in [-0.2, 0) is 23.2 Å². The highest BCUT2D eigenvalue weighted by molar-refractivity contribution is 7.46. The van der Waals surface area contributed by atoms with Crippen LogP contribution in [0.4, 0.5) is 0 Å². The molecule has 0 aromatic heterocycles. The van der Waals surface area contributed by atoms with Gasteiger partial charge in [0.25, 0.3) is 0 Å². The molecule has 0 rings (SSSR count). The minimum atomic E-state index is -4.64. The molecule has 0 aliphatic rings. The average molecular weight is 322 g/mol. The van der Waals surface area contributed by atoms with Crippen LogP contribution < -0.4 is 0 Å². The Kier molecular flexibility index (Phi) is 9.36. The molecule has 0 amide bonds. The molecular formula is C7H16O10P2.